The van der Waals surface area contributed by atoms with E-state index in [4.69, 9.17) is 4.74 Å². The lowest BCUT2D eigenvalue weighted by molar-refractivity contribution is -0.116. The fraction of sp³-hybridized carbons (Fsp3) is 0.360. The van der Waals surface area contributed by atoms with Gasteiger partial charge in [0.2, 0.25) is 5.91 Å². The van der Waals surface area contributed by atoms with Crippen LogP contribution in [0.4, 0.5) is 5.69 Å². The molecule has 0 unspecified atom stereocenters. The molecule has 1 amide bonds. The third-order valence-corrected chi connectivity index (χ3v) is 5.80. The number of nitrogens with zero attached hydrogens (tertiary/aromatic N) is 1. The summed E-state index contributed by atoms with van der Waals surface area (Å²) in [5.41, 5.74) is 1.94. The number of amides is 1. The fourth-order valence-electron chi connectivity index (χ4n) is 4.09. The van der Waals surface area contributed by atoms with Gasteiger partial charge in [-0.3, -0.25) is 9.59 Å². The third kappa shape index (κ3) is 4.97. The highest BCUT2D eigenvalue weighted by Gasteiger charge is 2.16. The molecule has 5 nitrogen and oxygen atoms in total. The summed E-state index contributed by atoms with van der Waals surface area (Å²) in [4.78, 5) is 25.4. The smallest absolute Gasteiger partial charge is 0.258 e. The Morgan fingerprint density at radius 2 is 1.80 bits per heavy atom. The molecular weight excluding hydrogens is 376 g/mol. The first-order valence-corrected chi connectivity index (χ1v) is 10.7. The Kier molecular flexibility index (Phi) is 6.60. The largest absolute Gasteiger partial charge is 0.381 e. The molecule has 5 heteroatoms. The Hall–Kier alpha value is -2.92. The van der Waals surface area contributed by atoms with E-state index in [0.29, 0.717) is 30.0 Å². The molecule has 30 heavy (non-hydrogen) atoms. The van der Waals surface area contributed by atoms with Gasteiger partial charge in [0.15, 0.2) is 0 Å². The minimum atomic E-state index is -0.0233. The van der Waals surface area contributed by atoms with E-state index < -0.39 is 0 Å². The number of carbonyl (C=O) groups excluding carboxylic acids is 1. The van der Waals surface area contributed by atoms with Crippen LogP contribution in [0.1, 0.15) is 31.2 Å². The quantitative estimate of drug-likeness (QED) is 0.635. The molecule has 4 rings (SSSR count). The van der Waals surface area contributed by atoms with Crippen molar-refractivity contribution in [3.63, 3.8) is 0 Å². The summed E-state index contributed by atoms with van der Waals surface area (Å²) in [6.45, 7) is 2.26. The van der Waals surface area contributed by atoms with Crippen LogP contribution in [0.5, 0.6) is 0 Å². The second-order valence-corrected chi connectivity index (χ2v) is 7.98. The molecule has 0 saturated carbocycles. The molecule has 1 aliphatic heterocycles. The minimum absolute atomic E-state index is 0.000770. The van der Waals surface area contributed by atoms with E-state index in [9.17, 15) is 9.59 Å². The van der Waals surface area contributed by atoms with Crippen molar-refractivity contribution in [2.24, 2.45) is 5.92 Å². The summed E-state index contributed by atoms with van der Waals surface area (Å²) in [6.07, 6.45) is 5.95. The first-order valence-electron chi connectivity index (χ1n) is 10.7. The molecule has 1 fully saturated rings. The lowest BCUT2D eigenvalue weighted by atomic mass is 10.00. The number of pyridine rings is 1. The summed E-state index contributed by atoms with van der Waals surface area (Å²) in [6, 6.07) is 17.7. The Morgan fingerprint density at radius 1 is 1.00 bits per heavy atom. The molecule has 1 aromatic heterocycles. The van der Waals surface area contributed by atoms with E-state index in [1.807, 2.05) is 48.7 Å². The van der Waals surface area contributed by atoms with Gasteiger partial charge in [-0.25, -0.2) is 0 Å². The molecule has 3 aromatic rings. The van der Waals surface area contributed by atoms with Crippen molar-refractivity contribution in [2.75, 3.05) is 18.5 Å². The van der Waals surface area contributed by atoms with Gasteiger partial charge in [-0.05, 0) is 55.4 Å². The van der Waals surface area contributed by atoms with Crippen LogP contribution in [0.25, 0.3) is 10.8 Å². The van der Waals surface area contributed by atoms with Crippen molar-refractivity contribution >= 4 is 22.4 Å². The Labute approximate surface area is 176 Å². The molecule has 0 bridgehead atoms. The second kappa shape index (κ2) is 9.72. The van der Waals surface area contributed by atoms with Crippen LogP contribution >= 0.6 is 0 Å². The summed E-state index contributed by atoms with van der Waals surface area (Å²) >= 11 is 0. The maximum absolute atomic E-state index is 13.0. The zero-order valence-electron chi connectivity index (χ0n) is 17.2. The van der Waals surface area contributed by atoms with Crippen LogP contribution in [-0.2, 0) is 22.5 Å². The van der Waals surface area contributed by atoms with Crippen molar-refractivity contribution in [3.8, 4) is 0 Å². The Bertz CT molecular complexity index is 1050. The lowest BCUT2D eigenvalue weighted by Crippen LogP contribution is -2.27. The number of aromatic nitrogens is 1. The summed E-state index contributed by atoms with van der Waals surface area (Å²) < 4.78 is 7.21. The SMILES string of the molecule is O=C(CCCc1ccccc1)Nc1cccc2c(=O)n(CC3CCOCC3)ccc12. The first-order chi connectivity index (χ1) is 14.7. The lowest BCUT2D eigenvalue weighted by Gasteiger charge is -2.23. The van der Waals surface area contributed by atoms with Gasteiger partial charge in [-0.1, -0.05) is 36.4 Å². The summed E-state index contributed by atoms with van der Waals surface area (Å²) in [7, 11) is 0. The molecule has 1 N–H and O–H groups in total. The van der Waals surface area contributed by atoms with E-state index >= 15 is 0 Å². The average Bonchev–Trinajstić information content (AvgIpc) is 2.77. The number of anilines is 1. The van der Waals surface area contributed by atoms with Gasteiger partial charge in [0.1, 0.15) is 0 Å². The van der Waals surface area contributed by atoms with Crippen molar-refractivity contribution in [3.05, 3.63) is 76.7 Å². The molecule has 2 aromatic carbocycles. The number of nitrogens with one attached hydrogen (secondary N) is 1. The van der Waals surface area contributed by atoms with Gasteiger partial charge in [-0.2, -0.15) is 0 Å². The maximum Gasteiger partial charge on any atom is 0.258 e. The van der Waals surface area contributed by atoms with Crippen LogP contribution in [0, 0.1) is 5.92 Å². The zero-order valence-corrected chi connectivity index (χ0v) is 17.2. The third-order valence-electron chi connectivity index (χ3n) is 5.80. The van der Waals surface area contributed by atoms with Gasteiger partial charge >= 0.3 is 0 Å². The number of rotatable bonds is 7. The molecule has 0 atom stereocenters. The molecule has 156 valence electrons. The second-order valence-electron chi connectivity index (χ2n) is 7.98. The number of ether oxygens (including phenoxy) is 1. The number of hydrogen-bond donors (Lipinski definition) is 1. The normalized spacial score (nSPS) is 14.7. The van der Waals surface area contributed by atoms with Gasteiger partial charge in [0, 0.05) is 48.8 Å². The van der Waals surface area contributed by atoms with Crippen molar-refractivity contribution in [2.45, 2.75) is 38.6 Å². The van der Waals surface area contributed by atoms with E-state index in [1.54, 1.807) is 4.57 Å². The summed E-state index contributed by atoms with van der Waals surface area (Å²) in [5.74, 6) is 0.450. The predicted octanol–water partition coefficient (Wildman–Crippen LogP) is 4.39. The topological polar surface area (TPSA) is 60.3 Å². The highest BCUT2D eigenvalue weighted by molar-refractivity contribution is 6.01. The monoisotopic (exact) mass is 404 g/mol. The average molecular weight is 405 g/mol. The van der Waals surface area contributed by atoms with Gasteiger partial charge < -0.3 is 14.6 Å². The first kappa shape index (κ1) is 20.4. The molecule has 1 aliphatic rings. The Balaban J connectivity index is 1.43. The fourth-order valence-corrected chi connectivity index (χ4v) is 4.09. The van der Waals surface area contributed by atoms with Crippen molar-refractivity contribution < 1.29 is 9.53 Å². The number of carbonyl (C=O) groups is 1. The molecule has 0 aliphatic carbocycles. The predicted molar refractivity (Wildman–Crippen MR) is 120 cm³/mol. The molecule has 0 spiro atoms. The van der Waals surface area contributed by atoms with E-state index in [-0.39, 0.29) is 11.5 Å². The van der Waals surface area contributed by atoms with Gasteiger partial charge in [0.05, 0.1) is 0 Å². The zero-order chi connectivity index (χ0) is 20.8. The number of fused-ring (bicyclic) bond motifs is 1. The minimum Gasteiger partial charge on any atom is -0.381 e. The van der Waals surface area contributed by atoms with Gasteiger partial charge in [0.25, 0.3) is 5.56 Å². The van der Waals surface area contributed by atoms with Crippen LogP contribution in [0.15, 0.2) is 65.6 Å². The van der Waals surface area contributed by atoms with Crippen molar-refractivity contribution in [1.29, 1.82) is 0 Å². The van der Waals surface area contributed by atoms with Crippen LogP contribution < -0.4 is 10.9 Å². The van der Waals surface area contributed by atoms with Crippen molar-refractivity contribution in [1.82, 2.24) is 4.57 Å². The standard InChI is InChI=1S/C25H28N2O3/c28-24(11-4-8-19-6-2-1-3-7-19)26-23-10-5-9-22-21(23)12-15-27(25(22)29)18-20-13-16-30-17-14-20/h1-3,5-7,9-10,12,15,20H,4,8,11,13-14,16-18H2,(H,26,28). The van der Waals surface area contributed by atoms with Crippen LogP contribution in [-0.4, -0.2) is 23.7 Å². The van der Waals surface area contributed by atoms with E-state index in [1.165, 1.54) is 5.56 Å². The number of aryl methyl sites for hydroxylation is 1. The number of hydrogen-bond acceptors (Lipinski definition) is 3. The van der Waals surface area contributed by atoms with E-state index in [0.717, 1.165) is 44.3 Å². The molecular formula is C25H28N2O3. The Morgan fingerprint density at radius 3 is 2.60 bits per heavy atom. The molecule has 0 radical (unpaired) electrons. The number of benzene rings is 2. The maximum atomic E-state index is 13.0. The van der Waals surface area contributed by atoms with E-state index in [2.05, 4.69) is 17.4 Å². The highest BCUT2D eigenvalue weighted by atomic mass is 16.5. The summed E-state index contributed by atoms with van der Waals surface area (Å²) in [5, 5.41) is 4.43. The van der Waals surface area contributed by atoms with Crippen LogP contribution in [0.3, 0.4) is 0 Å². The van der Waals surface area contributed by atoms with Gasteiger partial charge in [-0.15, -0.1) is 0 Å². The molecule has 2 heterocycles. The van der Waals surface area contributed by atoms with Crippen LogP contribution in [0.2, 0.25) is 0 Å². The molecule has 1 saturated heterocycles. The highest BCUT2D eigenvalue weighted by Crippen LogP contribution is 2.22.